The fraction of sp³-hybridized carbons (Fsp3) is 0.429. The minimum absolute atomic E-state index is 0.00197. The second kappa shape index (κ2) is 6.02. The van der Waals surface area contributed by atoms with E-state index in [9.17, 15) is 9.59 Å². The summed E-state index contributed by atoms with van der Waals surface area (Å²) in [7, 11) is 0. The van der Waals surface area contributed by atoms with Gasteiger partial charge >= 0.3 is 11.9 Å². The van der Waals surface area contributed by atoms with Crippen molar-refractivity contribution in [2.24, 2.45) is 0 Å². The van der Waals surface area contributed by atoms with Crippen LogP contribution in [0.4, 0.5) is 0 Å². The quantitative estimate of drug-likeness (QED) is 0.660. The van der Waals surface area contributed by atoms with Gasteiger partial charge in [-0.15, -0.1) is 0 Å². The van der Waals surface area contributed by atoms with Crippen LogP contribution in [0.1, 0.15) is 12.0 Å². The number of aliphatic carboxylic acids is 2. The number of hydrogen-bond donors (Lipinski definition) is 3. The van der Waals surface area contributed by atoms with Gasteiger partial charge in [0.25, 0.3) is 0 Å². The van der Waals surface area contributed by atoms with Crippen molar-refractivity contribution >= 4 is 11.9 Å². The normalized spacial score (nSPS) is 25.5. The monoisotopic (exact) mass is 279 g/mol. The summed E-state index contributed by atoms with van der Waals surface area (Å²) < 4.78 is 0.345. The van der Waals surface area contributed by atoms with Gasteiger partial charge in [-0.25, -0.2) is 4.79 Å². The molecule has 1 aliphatic rings. The van der Waals surface area contributed by atoms with E-state index >= 15 is 0 Å². The van der Waals surface area contributed by atoms with E-state index in [4.69, 9.17) is 10.2 Å². The first-order valence-electron chi connectivity index (χ1n) is 6.55. The molecule has 6 nitrogen and oxygen atoms in total. The number of carboxylic acids is 2. The Labute approximate surface area is 117 Å². The van der Waals surface area contributed by atoms with Gasteiger partial charge in [-0.3, -0.25) is 14.6 Å². The van der Waals surface area contributed by atoms with E-state index in [0.717, 1.165) is 5.56 Å². The molecule has 0 aromatic heterocycles. The third-order valence-electron chi connectivity index (χ3n) is 3.58. The zero-order valence-electron chi connectivity index (χ0n) is 11.2. The van der Waals surface area contributed by atoms with Gasteiger partial charge in [0.2, 0.25) is 0 Å². The minimum atomic E-state index is -0.863. The Morgan fingerprint density at radius 1 is 1.20 bits per heavy atom. The van der Waals surface area contributed by atoms with Crippen molar-refractivity contribution in [2.45, 2.75) is 19.0 Å². The maximum atomic E-state index is 11.1. The minimum Gasteiger partial charge on any atom is -0.481 e. The van der Waals surface area contributed by atoms with Gasteiger partial charge in [0.1, 0.15) is 13.2 Å². The number of carbonyl (C=O) groups is 2. The van der Waals surface area contributed by atoms with Crippen LogP contribution >= 0.6 is 0 Å². The van der Waals surface area contributed by atoms with Gasteiger partial charge in [0.05, 0.1) is 19.0 Å². The Bertz CT molecular complexity index is 491. The first-order chi connectivity index (χ1) is 9.49. The molecule has 1 aromatic rings. The molecule has 0 saturated carbocycles. The Kier molecular flexibility index (Phi) is 4.36. The van der Waals surface area contributed by atoms with E-state index in [-0.39, 0.29) is 19.0 Å². The first-order valence-corrected chi connectivity index (χ1v) is 6.55. The van der Waals surface area contributed by atoms with Crippen molar-refractivity contribution in [1.82, 2.24) is 5.32 Å². The summed E-state index contributed by atoms with van der Waals surface area (Å²) >= 11 is 0. The summed E-state index contributed by atoms with van der Waals surface area (Å²) in [4.78, 5) is 21.9. The van der Waals surface area contributed by atoms with E-state index in [1.54, 1.807) is 0 Å². The van der Waals surface area contributed by atoms with Crippen LogP contribution in [-0.4, -0.2) is 52.4 Å². The van der Waals surface area contributed by atoms with Gasteiger partial charge < -0.3 is 10.2 Å². The Morgan fingerprint density at radius 2 is 1.90 bits per heavy atom. The number of benzene rings is 1. The molecule has 1 saturated heterocycles. The molecule has 1 aliphatic heterocycles. The van der Waals surface area contributed by atoms with E-state index in [0.29, 0.717) is 24.2 Å². The lowest BCUT2D eigenvalue weighted by atomic mass is 10.1. The third kappa shape index (κ3) is 3.79. The lowest BCUT2D eigenvalue weighted by Crippen LogP contribution is -2.49. The Morgan fingerprint density at radius 3 is 2.50 bits per heavy atom. The molecule has 2 unspecified atom stereocenters. The summed E-state index contributed by atoms with van der Waals surface area (Å²) in [5.41, 5.74) is 1.06. The molecular weight excluding hydrogens is 260 g/mol. The number of nitrogens with zero attached hydrogens (tertiary/aromatic N) is 1. The van der Waals surface area contributed by atoms with Crippen LogP contribution in [0, 0.1) is 0 Å². The zero-order valence-corrected chi connectivity index (χ0v) is 11.2. The summed E-state index contributed by atoms with van der Waals surface area (Å²) in [6, 6.07) is 9.52. The van der Waals surface area contributed by atoms with Crippen LogP contribution in [0.2, 0.25) is 0 Å². The lowest BCUT2D eigenvalue weighted by molar-refractivity contribution is -0.924. The molecule has 0 radical (unpaired) electrons. The molecule has 1 heterocycles. The van der Waals surface area contributed by atoms with Gasteiger partial charge in [-0.2, -0.15) is 0 Å². The number of rotatable bonds is 6. The lowest BCUT2D eigenvalue weighted by Gasteiger charge is -2.32. The highest BCUT2D eigenvalue weighted by Gasteiger charge is 2.40. The van der Waals surface area contributed by atoms with Gasteiger partial charge in [0.15, 0.2) is 6.54 Å². The molecular formula is C14H19N2O4+. The Hall–Kier alpha value is -1.92. The number of nitrogens with one attached hydrogen (secondary N) is 1. The second-order valence-electron chi connectivity index (χ2n) is 5.38. The number of quaternary nitrogens is 1. The van der Waals surface area contributed by atoms with Crippen molar-refractivity contribution in [3.63, 3.8) is 0 Å². The summed E-state index contributed by atoms with van der Waals surface area (Å²) in [5.74, 6) is -1.73. The van der Waals surface area contributed by atoms with Gasteiger partial charge in [0, 0.05) is 5.56 Å². The van der Waals surface area contributed by atoms with E-state index < -0.39 is 11.9 Å². The standard InChI is InChI=1S/C14H18N2O4/c17-13(18)6-12-8-16(10-15-12,9-14(19)20)7-11-4-2-1-3-5-11/h1-5,12,15H,6-10H2,(H-,17,18,19,20)/p+1. The predicted molar refractivity (Wildman–Crippen MR) is 71.8 cm³/mol. The van der Waals surface area contributed by atoms with E-state index in [1.165, 1.54) is 0 Å². The highest BCUT2D eigenvalue weighted by Crippen LogP contribution is 2.20. The van der Waals surface area contributed by atoms with Crippen LogP contribution in [0.15, 0.2) is 30.3 Å². The largest absolute Gasteiger partial charge is 0.481 e. The SMILES string of the molecule is O=C(O)CC1C[N+](CC(=O)O)(Cc2ccccc2)CN1. The van der Waals surface area contributed by atoms with Crippen molar-refractivity contribution in [3.05, 3.63) is 35.9 Å². The molecule has 20 heavy (non-hydrogen) atoms. The second-order valence-corrected chi connectivity index (χ2v) is 5.38. The molecule has 2 rings (SSSR count). The molecule has 0 bridgehead atoms. The van der Waals surface area contributed by atoms with Crippen LogP contribution in [0.5, 0.6) is 0 Å². The van der Waals surface area contributed by atoms with Gasteiger partial charge in [-0.05, 0) is 0 Å². The van der Waals surface area contributed by atoms with Crippen molar-refractivity contribution in [3.8, 4) is 0 Å². The van der Waals surface area contributed by atoms with Crippen molar-refractivity contribution < 1.29 is 24.3 Å². The summed E-state index contributed by atoms with van der Waals surface area (Å²) in [6.45, 7) is 1.60. The highest BCUT2D eigenvalue weighted by molar-refractivity contribution is 5.68. The topological polar surface area (TPSA) is 86.6 Å². The van der Waals surface area contributed by atoms with Crippen LogP contribution in [0.25, 0.3) is 0 Å². The van der Waals surface area contributed by atoms with Crippen LogP contribution in [-0.2, 0) is 16.1 Å². The number of carboxylic acid groups (broad SMARTS) is 2. The van der Waals surface area contributed by atoms with Crippen LogP contribution < -0.4 is 5.32 Å². The molecule has 1 aromatic carbocycles. The average Bonchev–Trinajstić information content (AvgIpc) is 2.71. The summed E-state index contributed by atoms with van der Waals surface area (Å²) in [6.07, 6.45) is 0.0222. The fourth-order valence-electron chi connectivity index (χ4n) is 2.82. The first kappa shape index (κ1) is 14.5. The molecule has 3 N–H and O–H groups in total. The maximum absolute atomic E-state index is 11.1. The van der Waals surface area contributed by atoms with Crippen molar-refractivity contribution in [1.29, 1.82) is 0 Å². The third-order valence-corrected chi connectivity index (χ3v) is 3.58. The smallest absolute Gasteiger partial charge is 0.359 e. The highest BCUT2D eigenvalue weighted by atomic mass is 16.4. The predicted octanol–water partition coefficient (Wildman–Crippen LogP) is 0.492. The molecule has 0 amide bonds. The zero-order chi connectivity index (χ0) is 14.6. The summed E-state index contributed by atoms with van der Waals surface area (Å²) in [5, 5.41) is 21.1. The molecule has 108 valence electrons. The fourth-order valence-corrected chi connectivity index (χ4v) is 2.82. The molecule has 0 spiro atoms. The van der Waals surface area contributed by atoms with Crippen LogP contribution in [0.3, 0.4) is 0 Å². The average molecular weight is 279 g/mol. The molecule has 6 heteroatoms. The number of hydrogen-bond acceptors (Lipinski definition) is 3. The maximum Gasteiger partial charge on any atom is 0.359 e. The molecule has 2 atom stereocenters. The van der Waals surface area contributed by atoms with E-state index in [1.807, 2.05) is 30.3 Å². The molecule has 1 fully saturated rings. The van der Waals surface area contributed by atoms with Gasteiger partial charge in [-0.1, -0.05) is 30.3 Å². The van der Waals surface area contributed by atoms with Crippen molar-refractivity contribution in [2.75, 3.05) is 19.8 Å². The van der Waals surface area contributed by atoms with E-state index in [2.05, 4.69) is 5.32 Å². The Balaban J connectivity index is 2.11. The molecule has 0 aliphatic carbocycles.